The molecule has 4 aromatic carbocycles. The maximum atomic E-state index is 13.5. The van der Waals surface area contributed by atoms with E-state index in [-0.39, 0.29) is 13.1 Å². The van der Waals surface area contributed by atoms with Gasteiger partial charge in [0.25, 0.3) is 23.6 Å². The van der Waals surface area contributed by atoms with E-state index < -0.39 is 23.6 Å². The lowest BCUT2D eigenvalue weighted by Gasteiger charge is -2.32. The number of nitrogens with one attached hydrogen (secondary N) is 2. The number of hydrogen-bond donors (Lipinski definition) is 2. The van der Waals surface area contributed by atoms with Crippen LogP contribution in [0.1, 0.15) is 76.5 Å². The number of imide groups is 2. The Bertz CT molecular complexity index is 1600. The molecule has 0 radical (unpaired) electrons. The highest BCUT2D eigenvalue weighted by Gasteiger charge is 2.39. The summed E-state index contributed by atoms with van der Waals surface area (Å²) in [6.45, 7) is 7.40. The zero-order chi connectivity index (χ0) is 30.8. The minimum atomic E-state index is -0.396. The van der Waals surface area contributed by atoms with Gasteiger partial charge in [-0.05, 0) is 86.3 Å². The second kappa shape index (κ2) is 12.5. The molecule has 0 spiro atoms. The van der Waals surface area contributed by atoms with Crippen LogP contribution in [0.4, 0.5) is 0 Å². The van der Waals surface area contributed by atoms with E-state index in [4.69, 9.17) is 0 Å². The van der Waals surface area contributed by atoms with E-state index in [1.807, 2.05) is 24.3 Å². The molecule has 44 heavy (non-hydrogen) atoms. The molecule has 8 nitrogen and oxygen atoms in total. The Labute approximate surface area is 257 Å². The highest BCUT2D eigenvalue weighted by molar-refractivity contribution is 6.33. The summed E-state index contributed by atoms with van der Waals surface area (Å²) < 4.78 is 0. The highest BCUT2D eigenvalue weighted by atomic mass is 16.2. The summed E-state index contributed by atoms with van der Waals surface area (Å²) in [6, 6.07) is 22.8. The molecule has 0 atom stereocenters. The van der Waals surface area contributed by atoms with Gasteiger partial charge < -0.3 is 10.6 Å². The number of hydrogen-bond acceptors (Lipinski definition) is 6. The van der Waals surface area contributed by atoms with Crippen molar-refractivity contribution in [2.75, 3.05) is 26.2 Å². The van der Waals surface area contributed by atoms with Gasteiger partial charge in [-0.1, -0.05) is 48.5 Å². The first kappa shape index (κ1) is 29.4. The summed E-state index contributed by atoms with van der Waals surface area (Å²) >= 11 is 0. The lowest BCUT2D eigenvalue weighted by atomic mass is 9.86. The molecule has 0 fully saturated rings. The average molecular weight is 589 g/mol. The van der Waals surface area contributed by atoms with Gasteiger partial charge in [0.1, 0.15) is 0 Å². The largest absolute Gasteiger partial charge is 0.313 e. The lowest BCUT2D eigenvalue weighted by Crippen LogP contribution is -2.44. The Morgan fingerprint density at radius 1 is 0.500 bits per heavy atom. The van der Waals surface area contributed by atoms with Gasteiger partial charge in [-0.3, -0.25) is 29.0 Å². The van der Waals surface area contributed by atoms with Gasteiger partial charge in [-0.2, -0.15) is 0 Å². The summed E-state index contributed by atoms with van der Waals surface area (Å²) in [5, 5.41) is 7.60. The molecule has 0 unspecified atom stereocenters. The minimum Gasteiger partial charge on any atom is -0.313 e. The molecular formula is C36H36N4O4. The third-order valence-corrected chi connectivity index (χ3v) is 8.69. The van der Waals surface area contributed by atoms with Crippen LogP contribution in [0.2, 0.25) is 0 Å². The van der Waals surface area contributed by atoms with E-state index in [2.05, 4.69) is 48.7 Å². The summed E-state index contributed by atoms with van der Waals surface area (Å²) in [5.41, 5.74) is 6.25. The number of carbonyl (C=O) groups excluding carboxylic acids is 4. The fourth-order valence-electron chi connectivity index (χ4n) is 6.17. The molecule has 0 saturated carbocycles. The van der Waals surface area contributed by atoms with Crippen LogP contribution in [0.5, 0.6) is 0 Å². The molecule has 2 N–H and O–H groups in total. The van der Waals surface area contributed by atoms with Gasteiger partial charge in [0.2, 0.25) is 0 Å². The third-order valence-electron chi connectivity index (χ3n) is 8.69. The Morgan fingerprint density at radius 2 is 0.841 bits per heavy atom. The summed E-state index contributed by atoms with van der Waals surface area (Å²) in [7, 11) is 0. The van der Waals surface area contributed by atoms with Crippen molar-refractivity contribution in [1.82, 2.24) is 20.4 Å². The number of amides is 4. The van der Waals surface area contributed by atoms with E-state index >= 15 is 0 Å². The fourth-order valence-corrected chi connectivity index (χ4v) is 6.17. The Hall–Kier alpha value is -4.66. The zero-order valence-electron chi connectivity index (χ0n) is 25.1. The standard InChI is InChI=1S/C36H36N4O4/c1-23-9-3-5-11-25(23)21-37-17-7-19-39-33(41)27-13-15-29-32-30(16-14-28(31(27)32)34(39)42)36(44)40(35(29)43)20-8-18-38-22-26-12-6-4-10-24(26)2/h3-6,9-16,37-38H,7-8,17-22H2,1-2H3. The molecule has 0 aromatic heterocycles. The maximum absolute atomic E-state index is 13.5. The summed E-state index contributed by atoms with van der Waals surface area (Å²) in [6.07, 6.45) is 1.20. The fraction of sp³-hybridized carbons (Fsp3) is 0.278. The maximum Gasteiger partial charge on any atom is 0.261 e. The van der Waals surface area contributed by atoms with Crippen molar-refractivity contribution in [2.24, 2.45) is 0 Å². The van der Waals surface area contributed by atoms with Crippen LogP contribution in [0.25, 0.3) is 10.8 Å². The van der Waals surface area contributed by atoms with Crippen molar-refractivity contribution >= 4 is 34.4 Å². The van der Waals surface area contributed by atoms with Gasteiger partial charge in [0.15, 0.2) is 0 Å². The van der Waals surface area contributed by atoms with Gasteiger partial charge in [0, 0.05) is 59.2 Å². The first-order chi connectivity index (χ1) is 21.4. The van der Waals surface area contributed by atoms with Crippen molar-refractivity contribution in [1.29, 1.82) is 0 Å². The average Bonchev–Trinajstić information content (AvgIpc) is 3.03. The van der Waals surface area contributed by atoms with E-state index in [9.17, 15) is 19.2 Å². The van der Waals surface area contributed by atoms with E-state index in [0.717, 1.165) is 0 Å². The zero-order valence-corrected chi connectivity index (χ0v) is 25.1. The molecule has 2 aliphatic rings. The normalized spacial score (nSPS) is 14.2. The second-order valence-corrected chi connectivity index (χ2v) is 11.5. The molecule has 224 valence electrons. The third kappa shape index (κ3) is 5.42. The van der Waals surface area contributed by atoms with Crippen LogP contribution in [0.3, 0.4) is 0 Å². The van der Waals surface area contributed by atoms with Crippen molar-refractivity contribution in [2.45, 2.75) is 39.8 Å². The van der Waals surface area contributed by atoms with Gasteiger partial charge in [-0.15, -0.1) is 0 Å². The lowest BCUT2D eigenvalue weighted by molar-refractivity contribution is 0.0587. The molecule has 4 amide bonds. The molecule has 2 heterocycles. The summed E-state index contributed by atoms with van der Waals surface area (Å²) in [5.74, 6) is -1.58. The number of nitrogens with zero attached hydrogens (tertiary/aromatic N) is 2. The predicted molar refractivity (Wildman–Crippen MR) is 170 cm³/mol. The van der Waals surface area contributed by atoms with Crippen LogP contribution >= 0.6 is 0 Å². The van der Waals surface area contributed by atoms with Gasteiger partial charge >= 0.3 is 0 Å². The molecule has 0 bridgehead atoms. The number of carbonyl (C=O) groups is 4. The SMILES string of the molecule is Cc1ccccc1CNCCCN1C(=O)c2ccc3c4c(ccc(c24)C1=O)C(=O)N(CCCNCc1ccccc1C)C3=O. The second-order valence-electron chi connectivity index (χ2n) is 11.5. The van der Waals surface area contributed by atoms with Gasteiger partial charge in [-0.25, -0.2) is 0 Å². The molecule has 2 aliphatic heterocycles. The monoisotopic (exact) mass is 588 g/mol. The topological polar surface area (TPSA) is 98.8 Å². The van der Waals surface area contributed by atoms with Crippen molar-refractivity contribution < 1.29 is 19.2 Å². The number of aryl methyl sites for hydroxylation is 2. The quantitative estimate of drug-likeness (QED) is 0.178. The first-order valence-electron chi connectivity index (χ1n) is 15.2. The number of benzene rings is 4. The number of rotatable bonds is 12. The van der Waals surface area contributed by atoms with Crippen molar-refractivity contribution in [3.05, 3.63) is 117 Å². The smallest absolute Gasteiger partial charge is 0.261 e. The Balaban J connectivity index is 1.12. The highest BCUT2D eigenvalue weighted by Crippen LogP contribution is 2.37. The molecule has 8 heteroatoms. The van der Waals surface area contributed by atoms with E-state index in [0.29, 0.717) is 72.0 Å². The predicted octanol–water partition coefficient (Wildman–Crippen LogP) is 5.01. The summed E-state index contributed by atoms with van der Waals surface area (Å²) in [4.78, 5) is 56.6. The molecular weight excluding hydrogens is 552 g/mol. The van der Waals surface area contributed by atoms with Crippen LogP contribution in [0.15, 0.2) is 72.8 Å². The minimum absolute atomic E-state index is 0.270. The first-order valence-corrected chi connectivity index (χ1v) is 15.2. The molecule has 0 aliphatic carbocycles. The van der Waals surface area contributed by atoms with E-state index in [1.54, 1.807) is 24.3 Å². The van der Waals surface area contributed by atoms with Crippen LogP contribution < -0.4 is 10.6 Å². The van der Waals surface area contributed by atoms with Crippen LogP contribution in [-0.4, -0.2) is 59.6 Å². The molecule has 6 rings (SSSR count). The van der Waals surface area contributed by atoms with Crippen LogP contribution in [0, 0.1) is 13.8 Å². The van der Waals surface area contributed by atoms with Gasteiger partial charge in [0.05, 0.1) is 0 Å². The van der Waals surface area contributed by atoms with Crippen molar-refractivity contribution in [3.8, 4) is 0 Å². The van der Waals surface area contributed by atoms with Crippen molar-refractivity contribution in [3.63, 3.8) is 0 Å². The molecule has 4 aromatic rings. The molecule has 0 saturated heterocycles. The van der Waals surface area contributed by atoms with E-state index in [1.165, 1.54) is 32.1 Å². The Kier molecular flexibility index (Phi) is 8.37. The Morgan fingerprint density at radius 3 is 1.18 bits per heavy atom. The van der Waals surface area contributed by atoms with Crippen LogP contribution in [-0.2, 0) is 13.1 Å².